The van der Waals surface area contributed by atoms with Gasteiger partial charge >= 0.3 is 0 Å². The highest BCUT2D eigenvalue weighted by Gasteiger charge is 2.33. The zero-order valence-electron chi connectivity index (χ0n) is 15.7. The minimum atomic E-state index is -3.76. The predicted octanol–water partition coefficient (Wildman–Crippen LogP) is 2.86. The van der Waals surface area contributed by atoms with Crippen LogP contribution in [0.15, 0.2) is 29.4 Å². The number of carbonyl (C=O) groups excluding carboxylic acids is 1. The van der Waals surface area contributed by atoms with Crippen molar-refractivity contribution in [1.82, 2.24) is 14.3 Å². The molecule has 28 heavy (non-hydrogen) atoms. The molecule has 0 spiro atoms. The lowest BCUT2D eigenvalue weighted by Gasteiger charge is -2.19. The Hall–Kier alpha value is -2.33. The Morgan fingerprint density at radius 2 is 2.11 bits per heavy atom. The number of alkyl halides is 2. The molecule has 1 unspecified atom stereocenters. The molecule has 10 heteroatoms. The number of halogens is 2. The van der Waals surface area contributed by atoms with E-state index in [0.717, 1.165) is 6.07 Å². The predicted molar refractivity (Wildman–Crippen MR) is 99.8 cm³/mol. The second kappa shape index (κ2) is 7.59. The lowest BCUT2D eigenvalue weighted by molar-refractivity contribution is 0.101. The van der Waals surface area contributed by atoms with Crippen molar-refractivity contribution < 1.29 is 22.0 Å². The fraction of sp³-hybridized carbons (Fsp3) is 0.444. The molecule has 0 saturated carbocycles. The minimum Gasteiger partial charge on any atom is -0.345 e. The van der Waals surface area contributed by atoms with Gasteiger partial charge in [0.15, 0.2) is 0 Å². The van der Waals surface area contributed by atoms with Crippen molar-refractivity contribution in [2.24, 2.45) is 13.0 Å². The Bertz CT molecular complexity index is 1000. The molecule has 3 heterocycles. The van der Waals surface area contributed by atoms with Crippen LogP contribution in [-0.2, 0) is 23.5 Å². The number of pyridine rings is 1. The number of carbonyl (C=O) groups is 1. The number of sulfonamides is 1. The van der Waals surface area contributed by atoms with Crippen molar-refractivity contribution in [3.05, 3.63) is 41.5 Å². The quantitative estimate of drug-likeness (QED) is 0.808. The van der Waals surface area contributed by atoms with Gasteiger partial charge in [-0.1, -0.05) is 13.8 Å². The molecular weight excluding hydrogens is 390 g/mol. The van der Waals surface area contributed by atoms with Gasteiger partial charge < -0.3 is 9.88 Å². The van der Waals surface area contributed by atoms with E-state index in [0.29, 0.717) is 18.4 Å². The largest absolute Gasteiger partial charge is 0.345 e. The summed E-state index contributed by atoms with van der Waals surface area (Å²) >= 11 is 0. The SMILES string of the molecule is CC(C)C1CCc2c(cn(C)c2C(=O)Nc2ccnc(C(F)F)c2)S(=O)(=O)N1. The van der Waals surface area contributed by atoms with Crippen LogP contribution in [0.5, 0.6) is 0 Å². The van der Waals surface area contributed by atoms with Crippen LogP contribution in [0, 0.1) is 5.92 Å². The van der Waals surface area contributed by atoms with Crippen molar-refractivity contribution in [3.63, 3.8) is 0 Å². The first-order valence-corrected chi connectivity index (χ1v) is 10.3. The smallest absolute Gasteiger partial charge is 0.280 e. The van der Waals surface area contributed by atoms with E-state index < -0.39 is 28.0 Å². The maximum atomic E-state index is 12.8. The molecular formula is C18H22F2N4O3S. The molecule has 7 nitrogen and oxygen atoms in total. The Balaban J connectivity index is 1.95. The van der Waals surface area contributed by atoms with Crippen LogP contribution in [0.2, 0.25) is 0 Å². The molecule has 1 amide bonds. The molecule has 2 aromatic rings. The maximum Gasteiger partial charge on any atom is 0.280 e. The van der Waals surface area contributed by atoms with E-state index in [9.17, 15) is 22.0 Å². The molecule has 3 rings (SSSR count). The fourth-order valence-electron chi connectivity index (χ4n) is 3.34. The molecule has 2 aromatic heterocycles. The number of aryl methyl sites for hydroxylation is 1. The van der Waals surface area contributed by atoms with Gasteiger partial charge in [0.05, 0.1) is 0 Å². The molecule has 0 bridgehead atoms. The van der Waals surface area contributed by atoms with E-state index in [-0.39, 0.29) is 28.2 Å². The van der Waals surface area contributed by atoms with E-state index in [1.165, 1.54) is 23.0 Å². The minimum absolute atomic E-state index is 0.0753. The second-order valence-electron chi connectivity index (χ2n) is 7.17. The molecule has 152 valence electrons. The van der Waals surface area contributed by atoms with Crippen molar-refractivity contribution in [1.29, 1.82) is 0 Å². The third kappa shape index (κ3) is 3.93. The van der Waals surface area contributed by atoms with E-state index in [2.05, 4.69) is 15.0 Å². The fourth-order valence-corrected chi connectivity index (χ4v) is 5.08. The Morgan fingerprint density at radius 1 is 1.39 bits per heavy atom. The number of anilines is 1. The summed E-state index contributed by atoms with van der Waals surface area (Å²) in [7, 11) is -2.18. The third-order valence-electron chi connectivity index (χ3n) is 4.83. The van der Waals surface area contributed by atoms with Crippen LogP contribution < -0.4 is 10.0 Å². The zero-order valence-corrected chi connectivity index (χ0v) is 16.6. The summed E-state index contributed by atoms with van der Waals surface area (Å²) in [6.07, 6.45) is 0.801. The first-order valence-electron chi connectivity index (χ1n) is 8.86. The zero-order chi connectivity index (χ0) is 20.6. The van der Waals surface area contributed by atoms with Crippen LogP contribution in [0.4, 0.5) is 14.5 Å². The molecule has 0 fully saturated rings. The summed E-state index contributed by atoms with van der Waals surface area (Å²) in [5.41, 5.74) is 0.342. The number of aromatic nitrogens is 2. The van der Waals surface area contributed by atoms with Gasteiger partial charge in [0.1, 0.15) is 16.3 Å². The molecule has 0 radical (unpaired) electrons. The number of nitrogens with one attached hydrogen (secondary N) is 2. The first-order chi connectivity index (χ1) is 13.1. The second-order valence-corrected chi connectivity index (χ2v) is 8.85. The highest BCUT2D eigenvalue weighted by molar-refractivity contribution is 7.89. The molecule has 0 aromatic carbocycles. The van der Waals surface area contributed by atoms with Gasteiger partial charge in [0.2, 0.25) is 10.0 Å². The van der Waals surface area contributed by atoms with Gasteiger partial charge in [-0.2, -0.15) is 0 Å². The Morgan fingerprint density at radius 3 is 2.75 bits per heavy atom. The van der Waals surface area contributed by atoms with Gasteiger partial charge in [0.25, 0.3) is 12.3 Å². The Kier molecular flexibility index (Phi) is 5.53. The number of hydrogen-bond acceptors (Lipinski definition) is 4. The van der Waals surface area contributed by atoms with Crippen molar-refractivity contribution in [2.75, 3.05) is 5.32 Å². The molecule has 0 aliphatic carbocycles. The number of rotatable bonds is 4. The van der Waals surface area contributed by atoms with Gasteiger partial charge in [-0.05, 0) is 30.9 Å². The van der Waals surface area contributed by atoms with Crippen LogP contribution in [0.25, 0.3) is 0 Å². The number of hydrogen-bond donors (Lipinski definition) is 2. The third-order valence-corrected chi connectivity index (χ3v) is 6.37. The van der Waals surface area contributed by atoms with E-state index in [1.54, 1.807) is 7.05 Å². The Labute approximate surface area is 162 Å². The van der Waals surface area contributed by atoms with Gasteiger partial charge in [-0.15, -0.1) is 0 Å². The summed E-state index contributed by atoms with van der Waals surface area (Å²) in [4.78, 5) is 16.5. The van der Waals surface area contributed by atoms with Crippen molar-refractivity contribution in [3.8, 4) is 0 Å². The molecule has 1 aliphatic heterocycles. The topological polar surface area (TPSA) is 93.1 Å². The van der Waals surface area contributed by atoms with Gasteiger partial charge in [-0.3, -0.25) is 9.78 Å². The summed E-state index contributed by atoms with van der Waals surface area (Å²) in [5.74, 6) is -0.456. The number of nitrogens with zero attached hydrogens (tertiary/aromatic N) is 2. The maximum absolute atomic E-state index is 12.8. The number of amides is 1. The summed E-state index contributed by atoms with van der Waals surface area (Å²) in [6.45, 7) is 3.86. The standard InChI is InChI=1S/C18H22F2N4O3S/c1-10(2)13-5-4-12-15(28(26,27)23-13)9-24(3)16(12)18(25)22-11-6-7-21-14(8-11)17(19)20/h6-10,13,17,23H,4-5H2,1-3H3,(H,21,22,25). The molecule has 1 aliphatic rings. The average molecular weight is 412 g/mol. The highest BCUT2D eigenvalue weighted by Crippen LogP contribution is 2.29. The van der Waals surface area contributed by atoms with Crippen LogP contribution in [-0.4, -0.2) is 29.9 Å². The van der Waals surface area contributed by atoms with Crippen LogP contribution >= 0.6 is 0 Å². The monoisotopic (exact) mass is 412 g/mol. The normalized spacial score (nSPS) is 18.8. The van der Waals surface area contributed by atoms with Gasteiger partial charge in [0, 0.05) is 36.7 Å². The molecule has 2 N–H and O–H groups in total. The lowest BCUT2D eigenvalue weighted by Crippen LogP contribution is -2.37. The average Bonchev–Trinajstić information content (AvgIpc) is 2.89. The van der Waals surface area contributed by atoms with E-state index in [4.69, 9.17) is 0 Å². The summed E-state index contributed by atoms with van der Waals surface area (Å²) in [6, 6.07) is 2.27. The van der Waals surface area contributed by atoms with Crippen molar-refractivity contribution in [2.45, 2.75) is 44.1 Å². The van der Waals surface area contributed by atoms with Crippen molar-refractivity contribution >= 4 is 21.6 Å². The van der Waals surface area contributed by atoms with Crippen LogP contribution in [0.3, 0.4) is 0 Å². The highest BCUT2D eigenvalue weighted by atomic mass is 32.2. The van der Waals surface area contributed by atoms with Gasteiger partial charge in [-0.25, -0.2) is 21.9 Å². The molecule has 1 atom stereocenters. The van der Waals surface area contributed by atoms with E-state index >= 15 is 0 Å². The lowest BCUT2D eigenvalue weighted by atomic mass is 9.97. The first kappa shape index (κ1) is 20.4. The number of fused-ring (bicyclic) bond motifs is 1. The summed E-state index contributed by atoms with van der Waals surface area (Å²) in [5, 5.41) is 2.56. The van der Waals surface area contributed by atoms with Crippen LogP contribution in [0.1, 0.15) is 48.4 Å². The molecule has 0 saturated heterocycles. The van der Waals surface area contributed by atoms with E-state index in [1.807, 2.05) is 13.8 Å². The summed E-state index contributed by atoms with van der Waals surface area (Å²) < 4.78 is 55.2.